The SMILES string of the molecule is C=C(O)c1cnn(-c2cccc(C3=CCCC(C)=C3CCc3ccc4c(c3C)CCN(C(CCC)CCC)CC4)n2)c1OC. The third-order valence-corrected chi connectivity index (χ3v) is 9.69. The first-order valence-electron chi connectivity index (χ1n) is 16.6. The van der Waals surface area contributed by atoms with Gasteiger partial charge in [0.15, 0.2) is 5.82 Å². The summed E-state index contributed by atoms with van der Waals surface area (Å²) in [6, 6.07) is 11.6. The average Bonchev–Trinajstić information content (AvgIpc) is 3.35. The molecule has 1 aromatic carbocycles. The molecule has 0 fully saturated rings. The Morgan fingerprint density at radius 2 is 1.80 bits per heavy atom. The van der Waals surface area contributed by atoms with Crippen molar-refractivity contribution in [2.45, 2.75) is 97.9 Å². The zero-order chi connectivity index (χ0) is 31.2. The van der Waals surface area contributed by atoms with E-state index in [1.807, 2.05) is 12.1 Å². The number of pyridine rings is 1. The number of benzene rings is 1. The lowest BCUT2D eigenvalue weighted by Gasteiger charge is -2.30. The van der Waals surface area contributed by atoms with Crippen LogP contribution in [0.1, 0.15) is 99.2 Å². The number of hydrogen-bond acceptors (Lipinski definition) is 5. The predicted octanol–water partition coefficient (Wildman–Crippen LogP) is 8.61. The van der Waals surface area contributed by atoms with Crippen LogP contribution in [-0.4, -0.2) is 51.0 Å². The van der Waals surface area contributed by atoms with Gasteiger partial charge in [-0.3, -0.25) is 4.90 Å². The minimum absolute atomic E-state index is 0.0808. The highest BCUT2D eigenvalue weighted by atomic mass is 16.5. The van der Waals surface area contributed by atoms with Crippen molar-refractivity contribution in [1.82, 2.24) is 19.7 Å². The Kier molecular flexibility index (Phi) is 10.4. The van der Waals surface area contributed by atoms with Crippen LogP contribution in [0.5, 0.6) is 5.88 Å². The van der Waals surface area contributed by atoms with Crippen LogP contribution in [-0.2, 0) is 19.3 Å². The fourth-order valence-corrected chi connectivity index (χ4v) is 7.28. The van der Waals surface area contributed by atoms with Crippen LogP contribution >= 0.6 is 0 Å². The Balaban J connectivity index is 1.35. The van der Waals surface area contributed by atoms with E-state index in [1.165, 1.54) is 66.6 Å². The summed E-state index contributed by atoms with van der Waals surface area (Å²) in [5.41, 5.74) is 11.6. The summed E-state index contributed by atoms with van der Waals surface area (Å²) in [6.45, 7) is 15.3. The topological polar surface area (TPSA) is 63.4 Å². The van der Waals surface area contributed by atoms with E-state index in [4.69, 9.17) is 9.72 Å². The zero-order valence-electron chi connectivity index (χ0n) is 27.5. The van der Waals surface area contributed by atoms with E-state index in [0.29, 0.717) is 17.3 Å². The second-order valence-corrected chi connectivity index (χ2v) is 12.5. The largest absolute Gasteiger partial charge is 0.508 e. The van der Waals surface area contributed by atoms with Crippen molar-refractivity contribution in [2.24, 2.45) is 0 Å². The van der Waals surface area contributed by atoms with Crippen LogP contribution in [0.15, 0.2) is 60.3 Å². The van der Waals surface area contributed by atoms with Crippen LogP contribution in [0.2, 0.25) is 0 Å². The molecule has 0 amide bonds. The summed E-state index contributed by atoms with van der Waals surface area (Å²) in [4.78, 5) is 7.80. The van der Waals surface area contributed by atoms with E-state index in [1.54, 1.807) is 29.1 Å². The predicted molar refractivity (Wildman–Crippen MR) is 182 cm³/mol. The first kappa shape index (κ1) is 31.8. The van der Waals surface area contributed by atoms with Gasteiger partial charge in [0, 0.05) is 19.1 Å². The van der Waals surface area contributed by atoms with E-state index in [0.717, 1.165) is 50.3 Å². The number of nitrogens with zero attached hydrogens (tertiary/aromatic N) is 4. The summed E-state index contributed by atoms with van der Waals surface area (Å²) in [5, 5.41) is 14.4. The first-order valence-corrected chi connectivity index (χ1v) is 16.6. The van der Waals surface area contributed by atoms with Gasteiger partial charge < -0.3 is 9.84 Å². The molecule has 0 atom stereocenters. The molecule has 0 bridgehead atoms. The van der Waals surface area contributed by atoms with Crippen molar-refractivity contribution in [3.63, 3.8) is 0 Å². The minimum atomic E-state index is -0.0808. The molecule has 44 heavy (non-hydrogen) atoms. The molecule has 1 N–H and O–H groups in total. The van der Waals surface area contributed by atoms with Crippen molar-refractivity contribution < 1.29 is 9.84 Å². The Hall–Kier alpha value is -3.64. The maximum atomic E-state index is 9.98. The van der Waals surface area contributed by atoms with Gasteiger partial charge >= 0.3 is 0 Å². The van der Waals surface area contributed by atoms with Gasteiger partial charge in [0.25, 0.3) is 0 Å². The Labute approximate surface area is 264 Å². The molecule has 0 radical (unpaired) electrons. The summed E-state index contributed by atoms with van der Waals surface area (Å²) in [7, 11) is 1.56. The minimum Gasteiger partial charge on any atom is -0.508 e. The zero-order valence-corrected chi connectivity index (χ0v) is 27.5. The van der Waals surface area contributed by atoms with E-state index in [-0.39, 0.29) is 5.76 Å². The fraction of sp³-hybridized carbons (Fsp3) is 0.474. The third-order valence-electron chi connectivity index (χ3n) is 9.69. The number of aryl methyl sites for hydroxylation is 1. The summed E-state index contributed by atoms with van der Waals surface area (Å²) in [6.07, 6.45) is 15.5. The van der Waals surface area contributed by atoms with Gasteiger partial charge in [-0.05, 0) is 111 Å². The number of allylic oxidation sites excluding steroid dienone is 4. The molecule has 1 aliphatic carbocycles. The van der Waals surface area contributed by atoms with Crippen LogP contribution in [0.4, 0.5) is 0 Å². The van der Waals surface area contributed by atoms with E-state index < -0.39 is 0 Å². The molecule has 3 heterocycles. The standard InChI is InChI=1S/C38H50N4O2/c1-7-11-31(12-8-2)41-23-21-30-18-17-29(27(4)33(30)22-24-41)19-20-32-26(3)13-9-14-34(32)36-15-10-16-37(40-36)42-38(44-6)35(25-39-42)28(5)43/h10,14-18,25,31,43H,5,7-9,11-13,19-24H2,1-4,6H3. The van der Waals surface area contributed by atoms with Crippen molar-refractivity contribution in [3.05, 3.63) is 93.8 Å². The summed E-state index contributed by atoms with van der Waals surface area (Å²) >= 11 is 0. The molecule has 0 saturated heterocycles. The van der Waals surface area contributed by atoms with Crippen LogP contribution in [0.25, 0.3) is 17.2 Å². The van der Waals surface area contributed by atoms with Crippen molar-refractivity contribution >= 4 is 11.3 Å². The second-order valence-electron chi connectivity index (χ2n) is 12.5. The molecule has 6 nitrogen and oxygen atoms in total. The summed E-state index contributed by atoms with van der Waals surface area (Å²) < 4.78 is 7.17. The molecule has 2 aromatic heterocycles. The number of ether oxygens (including phenoxy) is 1. The van der Waals surface area contributed by atoms with Gasteiger partial charge in [0.2, 0.25) is 5.88 Å². The van der Waals surface area contributed by atoms with Gasteiger partial charge in [-0.25, -0.2) is 4.98 Å². The molecule has 234 valence electrons. The third kappa shape index (κ3) is 6.71. The Morgan fingerprint density at radius 1 is 1.02 bits per heavy atom. The molecule has 6 heteroatoms. The van der Waals surface area contributed by atoms with Gasteiger partial charge in [0.05, 0.1) is 24.6 Å². The van der Waals surface area contributed by atoms with E-state index >= 15 is 0 Å². The van der Waals surface area contributed by atoms with Gasteiger partial charge in [-0.15, -0.1) is 0 Å². The quantitative estimate of drug-likeness (QED) is 0.213. The molecular formula is C38H50N4O2. The van der Waals surface area contributed by atoms with Crippen LogP contribution < -0.4 is 4.74 Å². The Morgan fingerprint density at radius 3 is 2.52 bits per heavy atom. The monoisotopic (exact) mass is 594 g/mol. The van der Waals surface area contributed by atoms with Crippen molar-refractivity contribution in [1.29, 1.82) is 0 Å². The highest BCUT2D eigenvalue weighted by Gasteiger charge is 2.23. The number of aromatic nitrogens is 3. The number of aliphatic hydroxyl groups is 1. The van der Waals surface area contributed by atoms with E-state index in [9.17, 15) is 5.11 Å². The smallest absolute Gasteiger partial charge is 0.229 e. The first-order chi connectivity index (χ1) is 21.4. The van der Waals surface area contributed by atoms with Crippen LogP contribution in [0, 0.1) is 6.92 Å². The molecule has 0 unspecified atom stereocenters. The molecule has 2 aliphatic rings. The number of fused-ring (bicyclic) bond motifs is 1. The highest BCUT2D eigenvalue weighted by Crippen LogP contribution is 2.36. The molecule has 1 aliphatic heterocycles. The molecular weight excluding hydrogens is 544 g/mol. The maximum Gasteiger partial charge on any atom is 0.229 e. The maximum absolute atomic E-state index is 9.98. The Bertz CT molecular complexity index is 1540. The van der Waals surface area contributed by atoms with Crippen LogP contribution in [0.3, 0.4) is 0 Å². The van der Waals surface area contributed by atoms with Gasteiger partial charge in [-0.1, -0.05) is 63.1 Å². The number of hydrogen-bond donors (Lipinski definition) is 1. The van der Waals surface area contributed by atoms with Gasteiger partial charge in [-0.2, -0.15) is 9.78 Å². The molecule has 0 saturated carbocycles. The van der Waals surface area contributed by atoms with E-state index in [2.05, 4.69) is 68.5 Å². The average molecular weight is 595 g/mol. The summed E-state index contributed by atoms with van der Waals surface area (Å²) in [5.74, 6) is 0.980. The molecule has 3 aromatic rings. The molecule has 0 spiro atoms. The number of aliphatic hydroxyl groups excluding tert-OH is 1. The highest BCUT2D eigenvalue weighted by molar-refractivity contribution is 5.79. The number of methoxy groups -OCH3 is 1. The lowest BCUT2D eigenvalue weighted by atomic mass is 9.84. The lowest BCUT2D eigenvalue weighted by Crippen LogP contribution is -2.37. The fourth-order valence-electron chi connectivity index (χ4n) is 7.28. The molecule has 5 rings (SSSR count). The number of rotatable bonds is 12. The second kappa shape index (κ2) is 14.4. The van der Waals surface area contributed by atoms with Crippen molar-refractivity contribution in [3.8, 4) is 11.7 Å². The van der Waals surface area contributed by atoms with Crippen molar-refractivity contribution in [2.75, 3.05) is 20.2 Å². The van der Waals surface area contributed by atoms with Gasteiger partial charge in [0.1, 0.15) is 5.76 Å². The normalized spacial score (nSPS) is 15.7. The lowest BCUT2D eigenvalue weighted by molar-refractivity contribution is 0.183.